The Kier molecular flexibility index (Phi) is 7.47. The van der Waals surface area contributed by atoms with Crippen molar-refractivity contribution in [1.82, 2.24) is 5.32 Å². The number of halogens is 1. The molecule has 0 radical (unpaired) electrons. The molecule has 0 unspecified atom stereocenters. The summed E-state index contributed by atoms with van der Waals surface area (Å²) < 4.78 is 11.2. The highest BCUT2D eigenvalue weighted by Crippen LogP contribution is 2.28. The van der Waals surface area contributed by atoms with Crippen LogP contribution < -0.4 is 15.4 Å². The summed E-state index contributed by atoms with van der Waals surface area (Å²) in [5, 5.41) is 5.80. The molecule has 19 heavy (non-hydrogen) atoms. The van der Waals surface area contributed by atoms with Gasteiger partial charge in [0.2, 0.25) is 5.91 Å². The number of ether oxygens (including phenoxy) is 2. The van der Waals surface area contributed by atoms with Crippen molar-refractivity contribution in [3.8, 4) is 5.75 Å². The van der Waals surface area contributed by atoms with Gasteiger partial charge < -0.3 is 20.1 Å². The van der Waals surface area contributed by atoms with Crippen LogP contribution in [-0.2, 0) is 9.53 Å². The fourth-order valence-electron chi connectivity index (χ4n) is 1.45. The minimum Gasteiger partial charge on any atom is -0.492 e. The molecule has 2 N–H and O–H groups in total. The number of nitrogens with one attached hydrogen (secondary N) is 2. The lowest BCUT2D eigenvalue weighted by Crippen LogP contribution is -2.30. The molecule has 0 spiro atoms. The number of methoxy groups -OCH3 is 1. The standard InChI is InChI=1S/C13H19BrN2O3/c1-3-19-12-5-4-10(14)8-11(12)16-13(17)9-15-6-7-18-2/h4-5,8,15H,3,6-7,9H2,1-2H3,(H,16,17). The zero-order valence-electron chi connectivity index (χ0n) is 11.2. The highest BCUT2D eigenvalue weighted by atomic mass is 79.9. The molecule has 1 aromatic carbocycles. The van der Waals surface area contributed by atoms with Crippen LogP contribution in [0.5, 0.6) is 5.75 Å². The molecule has 0 aliphatic heterocycles. The van der Waals surface area contributed by atoms with E-state index in [2.05, 4.69) is 26.6 Å². The van der Waals surface area contributed by atoms with Crippen molar-refractivity contribution < 1.29 is 14.3 Å². The number of anilines is 1. The summed E-state index contributed by atoms with van der Waals surface area (Å²) in [6.07, 6.45) is 0. The number of carbonyl (C=O) groups is 1. The normalized spacial score (nSPS) is 10.3. The number of hydrogen-bond donors (Lipinski definition) is 2. The smallest absolute Gasteiger partial charge is 0.238 e. The van der Waals surface area contributed by atoms with Gasteiger partial charge in [-0.3, -0.25) is 4.79 Å². The zero-order valence-corrected chi connectivity index (χ0v) is 12.7. The van der Waals surface area contributed by atoms with Gasteiger partial charge in [0.05, 0.1) is 25.4 Å². The number of amides is 1. The van der Waals surface area contributed by atoms with Crippen molar-refractivity contribution in [2.45, 2.75) is 6.92 Å². The maximum Gasteiger partial charge on any atom is 0.238 e. The molecule has 0 atom stereocenters. The van der Waals surface area contributed by atoms with Gasteiger partial charge in [0.1, 0.15) is 5.75 Å². The minimum atomic E-state index is -0.116. The van der Waals surface area contributed by atoms with Gasteiger partial charge in [0.25, 0.3) is 0 Å². The van der Waals surface area contributed by atoms with Gasteiger partial charge in [-0.1, -0.05) is 15.9 Å². The zero-order chi connectivity index (χ0) is 14.1. The fourth-order valence-corrected chi connectivity index (χ4v) is 1.81. The summed E-state index contributed by atoms with van der Waals surface area (Å²) in [5.74, 6) is 0.547. The lowest BCUT2D eigenvalue weighted by molar-refractivity contribution is -0.115. The van der Waals surface area contributed by atoms with E-state index in [0.717, 1.165) is 4.47 Å². The summed E-state index contributed by atoms with van der Waals surface area (Å²) in [4.78, 5) is 11.8. The molecule has 6 heteroatoms. The van der Waals surface area contributed by atoms with Crippen molar-refractivity contribution >= 4 is 27.5 Å². The average molecular weight is 331 g/mol. The molecule has 0 heterocycles. The predicted octanol–water partition coefficient (Wildman–Crippen LogP) is 2.02. The highest BCUT2D eigenvalue weighted by Gasteiger charge is 2.08. The van der Waals surface area contributed by atoms with Gasteiger partial charge in [0.15, 0.2) is 0 Å². The molecular formula is C13H19BrN2O3. The third-order valence-corrected chi connectivity index (χ3v) is 2.78. The molecule has 0 aliphatic rings. The van der Waals surface area contributed by atoms with Crippen LogP contribution >= 0.6 is 15.9 Å². The van der Waals surface area contributed by atoms with Crippen molar-refractivity contribution in [3.63, 3.8) is 0 Å². The van der Waals surface area contributed by atoms with E-state index in [9.17, 15) is 4.79 Å². The number of carbonyl (C=O) groups excluding carboxylic acids is 1. The minimum absolute atomic E-state index is 0.116. The largest absolute Gasteiger partial charge is 0.492 e. The van der Waals surface area contributed by atoms with Crippen molar-refractivity contribution in [2.24, 2.45) is 0 Å². The Morgan fingerprint density at radius 3 is 2.89 bits per heavy atom. The Hall–Kier alpha value is -1.11. The molecule has 106 valence electrons. The summed E-state index contributed by atoms with van der Waals surface area (Å²) in [6.45, 7) is 3.91. The van der Waals surface area contributed by atoms with E-state index in [-0.39, 0.29) is 12.5 Å². The van der Waals surface area contributed by atoms with E-state index in [0.29, 0.717) is 31.2 Å². The van der Waals surface area contributed by atoms with Crippen LogP contribution in [-0.4, -0.2) is 39.3 Å². The van der Waals surface area contributed by atoms with Gasteiger partial charge in [-0.15, -0.1) is 0 Å². The van der Waals surface area contributed by atoms with Gasteiger partial charge in [-0.2, -0.15) is 0 Å². The molecule has 5 nitrogen and oxygen atoms in total. The number of rotatable bonds is 8. The topological polar surface area (TPSA) is 59.6 Å². The maximum atomic E-state index is 11.8. The van der Waals surface area contributed by atoms with E-state index >= 15 is 0 Å². The van der Waals surface area contributed by atoms with Crippen molar-refractivity contribution in [1.29, 1.82) is 0 Å². The molecule has 0 saturated heterocycles. The number of hydrogen-bond acceptors (Lipinski definition) is 4. The first kappa shape index (κ1) is 15.9. The van der Waals surface area contributed by atoms with Gasteiger partial charge >= 0.3 is 0 Å². The fraction of sp³-hybridized carbons (Fsp3) is 0.462. The predicted molar refractivity (Wildman–Crippen MR) is 78.7 cm³/mol. The van der Waals surface area contributed by atoms with Crippen LogP contribution in [0.1, 0.15) is 6.92 Å². The number of benzene rings is 1. The Morgan fingerprint density at radius 1 is 1.42 bits per heavy atom. The average Bonchev–Trinajstić information content (AvgIpc) is 2.38. The SMILES string of the molecule is CCOc1ccc(Br)cc1NC(=O)CNCCOC. The van der Waals surface area contributed by atoms with Gasteiger partial charge in [-0.05, 0) is 25.1 Å². The summed E-state index contributed by atoms with van der Waals surface area (Å²) in [7, 11) is 1.62. The highest BCUT2D eigenvalue weighted by molar-refractivity contribution is 9.10. The quantitative estimate of drug-likeness (QED) is 0.716. The first-order chi connectivity index (χ1) is 9.17. The van der Waals surface area contributed by atoms with E-state index in [1.54, 1.807) is 7.11 Å². The van der Waals surface area contributed by atoms with Crippen LogP contribution in [0.4, 0.5) is 5.69 Å². The third-order valence-electron chi connectivity index (χ3n) is 2.28. The molecule has 0 fully saturated rings. The molecule has 1 rings (SSSR count). The van der Waals surface area contributed by atoms with Gasteiger partial charge in [-0.25, -0.2) is 0 Å². The molecule has 0 bridgehead atoms. The second-order valence-corrected chi connectivity index (χ2v) is 4.71. The summed E-state index contributed by atoms with van der Waals surface area (Å²) >= 11 is 3.37. The Bertz CT molecular complexity index is 413. The van der Waals surface area contributed by atoms with Crippen LogP contribution in [0.15, 0.2) is 22.7 Å². The molecule has 1 amide bonds. The summed E-state index contributed by atoms with van der Waals surface area (Å²) in [5.41, 5.74) is 0.662. The monoisotopic (exact) mass is 330 g/mol. The van der Waals surface area contributed by atoms with Gasteiger partial charge in [0, 0.05) is 18.1 Å². The Balaban J connectivity index is 2.54. The van der Waals surface area contributed by atoms with E-state index in [4.69, 9.17) is 9.47 Å². The van der Waals surface area contributed by atoms with Crippen LogP contribution in [0.2, 0.25) is 0 Å². The lowest BCUT2D eigenvalue weighted by Gasteiger charge is -2.12. The van der Waals surface area contributed by atoms with Crippen LogP contribution in [0.25, 0.3) is 0 Å². The Labute approximate surface area is 121 Å². The molecule has 1 aromatic rings. The lowest BCUT2D eigenvalue weighted by atomic mass is 10.3. The molecule has 0 saturated carbocycles. The van der Waals surface area contributed by atoms with Crippen LogP contribution in [0.3, 0.4) is 0 Å². The maximum absolute atomic E-state index is 11.8. The second-order valence-electron chi connectivity index (χ2n) is 3.79. The Morgan fingerprint density at radius 2 is 2.21 bits per heavy atom. The van der Waals surface area contributed by atoms with Crippen LogP contribution in [0, 0.1) is 0 Å². The van der Waals surface area contributed by atoms with E-state index < -0.39 is 0 Å². The molecular weight excluding hydrogens is 312 g/mol. The molecule has 0 aliphatic carbocycles. The molecule has 0 aromatic heterocycles. The third kappa shape index (κ3) is 6.04. The second kappa shape index (κ2) is 8.90. The first-order valence-electron chi connectivity index (χ1n) is 6.09. The van der Waals surface area contributed by atoms with E-state index in [1.165, 1.54) is 0 Å². The van der Waals surface area contributed by atoms with Crippen molar-refractivity contribution in [3.05, 3.63) is 22.7 Å². The van der Waals surface area contributed by atoms with Crippen molar-refractivity contribution in [2.75, 3.05) is 38.7 Å². The van der Waals surface area contributed by atoms with E-state index in [1.807, 2.05) is 25.1 Å². The summed E-state index contributed by atoms with van der Waals surface area (Å²) in [6, 6.07) is 5.51. The first-order valence-corrected chi connectivity index (χ1v) is 6.88.